The summed E-state index contributed by atoms with van der Waals surface area (Å²) >= 11 is 7.52. The third-order valence-corrected chi connectivity index (χ3v) is 5.87. The molecule has 3 aromatic carbocycles. The summed E-state index contributed by atoms with van der Waals surface area (Å²) in [5.41, 5.74) is 3.79. The van der Waals surface area contributed by atoms with E-state index in [9.17, 15) is 4.79 Å². The first-order chi connectivity index (χ1) is 15.1. The second kappa shape index (κ2) is 9.81. The predicted molar refractivity (Wildman–Crippen MR) is 127 cm³/mol. The Morgan fingerprint density at radius 1 is 1.00 bits per heavy atom. The van der Waals surface area contributed by atoms with Gasteiger partial charge in [-0.2, -0.15) is 0 Å². The molecule has 1 aromatic heterocycles. The highest BCUT2D eigenvalue weighted by Crippen LogP contribution is 2.29. The topological polar surface area (TPSA) is 59.8 Å². The van der Waals surface area contributed by atoms with Crippen LogP contribution in [0.3, 0.4) is 0 Å². The number of hydrogen-bond acceptors (Lipinski definition) is 4. The van der Waals surface area contributed by atoms with Gasteiger partial charge >= 0.3 is 0 Å². The molecule has 1 amide bonds. The number of rotatable bonds is 7. The number of para-hydroxylation sites is 1. The van der Waals surface area contributed by atoms with E-state index in [0.29, 0.717) is 16.0 Å². The van der Waals surface area contributed by atoms with E-state index >= 15 is 0 Å². The fraction of sp³-hybridized carbons (Fsp3) is 0.125. The van der Waals surface area contributed by atoms with Crippen molar-refractivity contribution in [2.24, 2.45) is 0 Å². The van der Waals surface area contributed by atoms with Crippen molar-refractivity contribution < 1.29 is 4.79 Å². The molecule has 0 aliphatic rings. The summed E-state index contributed by atoms with van der Waals surface area (Å²) in [6.07, 6.45) is 0.966. The minimum atomic E-state index is -0.0961. The molecule has 0 atom stereocenters. The van der Waals surface area contributed by atoms with E-state index in [1.54, 1.807) is 0 Å². The SMILES string of the molecule is CCc1ccc(NC(=O)CSc2nnc(-c3cccc(Cl)c3)n2-c2ccccc2)cc1. The second-order valence-electron chi connectivity index (χ2n) is 6.87. The molecule has 156 valence electrons. The molecule has 0 saturated carbocycles. The van der Waals surface area contributed by atoms with E-state index in [2.05, 4.69) is 22.4 Å². The number of thioether (sulfide) groups is 1. The molecule has 31 heavy (non-hydrogen) atoms. The molecule has 0 fully saturated rings. The van der Waals surface area contributed by atoms with Crippen LogP contribution in [0.15, 0.2) is 84.0 Å². The van der Waals surface area contributed by atoms with Crippen molar-refractivity contribution in [3.8, 4) is 17.1 Å². The molecule has 0 aliphatic carbocycles. The maximum absolute atomic E-state index is 12.5. The van der Waals surface area contributed by atoms with Crippen LogP contribution in [0.25, 0.3) is 17.1 Å². The van der Waals surface area contributed by atoms with Gasteiger partial charge in [-0.3, -0.25) is 9.36 Å². The zero-order valence-corrected chi connectivity index (χ0v) is 18.5. The van der Waals surface area contributed by atoms with Crippen molar-refractivity contribution >= 4 is 35.0 Å². The number of carbonyl (C=O) groups excluding carboxylic acids is 1. The Morgan fingerprint density at radius 3 is 2.48 bits per heavy atom. The van der Waals surface area contributed by atoms with Gasteiger partial charge in [0, 0.05) is 22.0 Å². The minimum Gasteiger partial charge on any atom is -0.325 e. The highest BCUT2D eigenvalue weighted by molar-refractivity contribution is 7.99. The lowest BCUT2D eigenvalue weighted by molar-refractivity contribution is -0.113. The monoisotopic (exact) mass is 448 g/mol. The van der Waals surface area contributed by atoms with Gasteiger partial charge in [0.1, 0.15) is 0 Å². The molecule has 7 heteroatoms. The van der Waals surface area contributed by atoms with E-state index in [1.165, 1.54) is 17.3 Å². The first kappa shape index (κ1) is 21.2. The molecule has 0 spiro atoms. The van der Waals surface area contributed by atoms with Crippen molar-refractivity contribution in [3.05, 3.63) is 89.4 Å². The number of aromatic nitrogens is 3. The van der Waals surface area contributed by atoms with Crippen LogP contribution in [0.4, 0.5) is 5.69 Å². The largest absolute Gasteiger partial charge is 0.325 e. The second-order valence-corrected chi connectivity index (χ2v) is 8.25. The lowest BCUT2D eigenvalue weighted by atomic mass is 10.1. The molecule has 1 N–H and O–H groups in total. The highest BCUT2D eigenvalue weighted by Gasteiger charge is 2.17. The molecule has 0 saturated heterocycles. The quantitative estimate of drug-likeness (QED) is 0.358. The van der Waals surface area contributed by atoms with Gasteiger partial charge < -0.3 is 5.32 Å². The third-order valence-electron chi connectivity index (χ3n) is 4.71. The first-order valence-electron chi connectivity index (χ1n) is 9.92. The van der Waals surface area contributed by atoms with E-state index < -0.39 is 0 Å². The maximum Gasteiger partial charge on any atom is 0.234 e. The van der Waals surface area contributed by atoms with Gasteiger partial charge in [0.25, 0.3) is 0 Å². The molecular weight excluding hydrogens is 428 g/mol. The van der Waals surface area contributed by atoms with Gasteiger partial charge in [0.2, 0.25) is 5.91 Å². The van der Waals surface area contributed by atoms with E-state index in [4.69, 9.17) is 11.6 Å². The maximum atomic E-state index is 12.5. The van der Waals surface area contributed by atoms with Crippen LogP contribution in [-0.2, 0) is 11.2 Å². The molecule has 5 nitrogen and oxygen atoms in total. The van der Waals surface area contributed by atoms with Gasteiger partial charge in [0.15, 0.2) is 11.0 Å². The van der Waals surface area contributed by atoms with Crippen LogP contribution >= 0.6 is 23.4 Å². The Hall–Kier alpha value is -3.09. The Morgan fingerprint density at radius 2 is 1.77 bits per heavy atom. The summed E-state index contributed by atoms with van der Waals surface area (Å²) in [5.74, 6) is 0.795. The van der Waals surface area contributed by atoms with Gasteiger partial charge in [-0.15, -0.1) is 10.2 Å². The Balaban J connectivity index is 1.56. The lowest BCUT2D eigenvalue weighted by Crippen LogP contribution is -2.14. The Labute approximate surface area is 190 Å². The number of aryl methyl sites for hydroxylation is 1. The lowest BCUT2D eigenvalue weighted by Gasteiger charge is -2.11. The molecular formula is C24H21ClN4OS. The van der Waals surface area contributed by atoms with Crippen molar-refractivity contribution in [2.45, 2.75) is 18.5 Å². The van der Waals surface area contributed by atoms with Gasteiger partial charge in [-0.1, -0.05) is 72.8 Å². The number of benzene rings is 3. The smallest absolute Gasteiger partial charge is 0.234 e. The van der Waals surface area contributed by atoms with E-state index in [-0.39, 0.29) is 11.7 Å². The van der Waals surface area contributed by atoms with Crippen LogP contribution in [0.2, 0.25) is 5.02 Å². The van der Waals surface area contributed by atoms with Gasteiger partial charge in [-0.25, -0.2) is 0 Å². The molecule has 0 aliphatic heterocycles. The van der Waals surface area contributed by atoms with Crippen LogP contribution in [0.1, 0.15) is 12.5 Å². The van der Waals surface area contributed by atoms with Crippen LogP contribution < -0.4 is 5.32 Å². The molecule has 0 radical (unpaired) electrons. The predicted octanol–water partition coefficient (Wildman–Crippen LogP) is 5.88. The third kappa shape index (κ3) is 5.16. The van der Waals surface area contributed by atoms with Crippen LogP contribution in [0.5, 0.6) is 0 Å². The summed E-state index contributed by atoms with van der Waals surface area (Å²) in [6, 6.07) is 25.2. The normalized spacial score (nSPS) is 10.8. The zero-order chi connectivity index (χ0) is 21.6. The minimum absolute atomic E-state index is 0.0961. The van der Waals surface area contributed by atoms with E-state index in [0.717, 1.165) is 23.4 Å². The van der Waals surface area contributed by atoms with Crippen LogP contribution in [-0.4, -0.2) is 26.4 Å². The number of nitrogens with zero attached hydrogens (tertiary/aromatic N) is 3. The number of anilines is 1. The van der Waals surface area contributed by atoms with Crippen LogP contribution in [0, 0.1) is 0 Å². The molecule has 0 bridgehead atoms. The zero-order valence-electron chi connectivity index (χ0n) is 17.0. The average molecular weight is 449 g/mol. The Bertz CT molecular complexity index is 1180. The number of carbonyl (C=O) groups is 1. The highest BCUT2D eigenvalue weighted by atomic mass is 35.5. The number of nitrogens with one attached hydrogen (secondary N) is 1. The fourth-order valence-corrected chi connectivity index (χ4v) is 4.08. The van der Waals surface area contributed by atoms with Crippen molar-refractivity contribution in [3.63, 3.8) is 0 Å². The molecule has 4 aromatic rings. The fourth-order valence-electron chi connectivity index (χ4n) is 3.14. The first-order valence-corrected chi connectivity index (χ1v) is 11.3. The number of amides is 1. The Kier molecular flexibility index (Phi) is 6.70. The van der Waals surface area contributed by atoms with Crippen molar-refractivity contribution in [2.75, 3.05) is 11.1 Å². The average Bonchev–Trinajstić information content (AvgIpc) is 3.23. The molecule has 4 rings (SSSR count). The summed E-state index contributed by atoms with van der Waals surface area (Å²) in [7, 11) is 0. The van der Waals surface area contributed by atoms with Crippen molar-refractivity contribution in [1.29, 1.82) is 0 Å². The van der Waals surface area contributed by atoms with Crippen molar-refractivity contribution in [1.82, 2.24) is 14.8 Å². The molecule has 1 heterocycles. The van der Waals surface area contributed by atoms with E-state index in [1.807, 2.05) is 83.4 Å². The number of halogens is 1. The summed E-state index contributed by atoms with van der Waals surface area (Å²) in [6.45, 7) is 2.10. The summed E-state index contributed by atoms with van der Waals surface area (Å²) < 4.78 is 1.94. The van der Waals surface area contributed by atoms with Gasteiger partial charge in [0.05, 0.1) is 5.75 Å². The van der Waals surface area contributed by atoms with Gasteiger partial charge in [-0.05, 0) is 48.4 Å². The summed E-state index contributed by atoms with van der Waals surface area (Å²) in [5, 5.41) is 12.9. The standard InChI is InChI=1S/C24H21ClN4OS/c1-2-17-11-13-20(14-12-17)26-22(30)16-31-24-28-27-23(18-7-6-8-19(25)15-18)29(24)21-9-4-3-5-10-21/h3-15H,2,16H2,1H3,(H,26,30). The molecule has 0 unspecified atom stereocenters. The summed E-state index contributed by atoms with van der Waals surface area (Å²) in [4.78, 5) is 12.5. The number of hydrogen-bond donors (Lipinski definition) is 1.